The van der Waals surface area contributed by atoms with Gasteiger partial charge in [0.15, 0.2) is 0 Å². The number of rotatable bonds is 0. The van der Waals surface area contributed by atoms with Gasteiger partial charge >= 0.3 is 5.92 Å². The molecule has 12 heavy (non-hydrogen) atoms. The van der Waals surface area contributed by atoms with E-state index in [-0.39, 0.29) is 24.9 Å². The Morgan fingerprint density at radius 3 is 2.75 bits per heavy atom. The topological polar surface area (TPSA) is 29.1 Å². The van der Waals surface area contributed by atoms with Crippen LogP contribution in [0, 0.1) is 0 Å². The normalized spacial score (nSPS) is 39.7. The predicted molar refractivity (Wildman–Crippen MR) is 39.1 cm³/mol. The summed E-state index contributed by atoms with van der Waals surface area (Å²) in [5.41, 5.74) is 0. The first-order chi connectivity index (χ1) is 5.58. The van der Waals surface area contributed by atoms with E-state index in [4.69, 9.17) is 0 Å². The minimum atomic E-state index is -3.08. The van der Waals surface area contributed by atoms with Gasteiger partial charge in [0.25, 0.3) is 0 Å². The van der Waals surface area contributed by atoms with Gasteiger partial charge in [-0.05, 0) is 12.8 Å². The molecule has 2 saturated heterocycles. The fourth-order valence-electron chi connectivity index (χ4n) is 2.02. The lowest BCUT2D eigenvalue weighted by Crippen LogP contribution is -2.32. The molecule has 2 fully saturated rings. The van der Waals surface area contributed by atoms with Gasteiger partial charge in [-0.25, -0.2) is 0 Å². The van der Waals surface area contributed by atoms with Crippen LogP contribution >= 0.6 is 0 Å². The van der Waals surface area contributed by atoms with Gasteiger partial charge in [0.05, 0.1) is 0 Å². The molecule has 2 atom stereocenters. The van der Waals surface area contributed by atoms with Crippen LogP contribution in [-0.4, -0.2) is 23.8 Å². The van der Waals surface area contributed by atoms with Crippen molar-refractivity contribution >= 4 is 5.78 Å². The van der Waals surface area contributed by atoms with Crippen LogP contribution in [0.3, 0.4) is 0 Å². The third-order valence-corrected chi connectivity index (χ3v) is 2.68. The highest BCUT2D eigenvalue weighted by molar-refractivity contribution is 5.86. The molecule has 68 valence electrons. The van der Waals surface area contributed by atoms with Gasteiger partial charge in [0.1, 0.15) is 0 Å². The van der Waals surface area contributed by atoms with E-state index in [0.29, 0.717) is 0 Å². The smallest absolute Gasteiger partial charge is 0.306 e. The van der Waals surface area contributed by atoms with Crippen LogP contribution < -0.4 is 5.32 Å². The maximum absolute atomic E-state index is 12.9. The van der Waals surface area contributed by atoms with Gasteiger partial charge in [-0.15, -0.1) is 0 Å². The minimum absolute atomic E-state index is 0.00347. The molecule has 2 bridgehead atoms. The maximum atomic E-state index is 12.9. The van der Waals surface area contributed by atoms with E-state index in [1.807, 2.05) is 0 Å². The molecule has 2 rings (SSSR count). The number of ketones is 1. The van der Waals surface area contributed by atoms with Gasteiger partial charge in [-0.1, -0.05) is 0 Å². The zero-order valence-electron chi connectivity index (χ0n) is 6.65. The molecule has 0 amide bonds. The zero-order chi connectivity index (χ0) is 8.77. The largest absolute Gasteiger partial charge is 0.311 e. The molecule has 2 heterocycles. The van der Waals surface area contributed by atoms with Crippen LogP contribution in [0.4, 0.5) is 8.78 Å². The summed E-state index contributed by atoms with van der Waals surface area (Å²) in [5, 5.41) is 3.04. The monoisotopic (exact) mass is 175 g/mol. The van der Waals surface area contributed by atoms with Crippen LogP contribution in [0.1, 0.15) is 25.7 Å². The highest BCUT2D eigenvalue weighted by Gasteiger charge is 2.46. The first-order valence-electron chi connectivity index (χ1n) is 4.25. The quantitative estimate of drug-likeness (QED) is 0.597. The Kier molecular flexibility index (Phi) is 1.68. The molecular formula is C8H11F2NO. The SMILES string of the molecule is O=C1CC2CCC(CC1(F)F)N2. The first-order valence-corrected chi connectivity index (χ1v) is 4.25. The Morgan fingerprint density at radius 2 is 2.00 bits per heavy atom. The first kappa shape index (κ1) is 8.10. The summed E-state index contributed by atoms with van der Waals surface area (Å²) in [6, 6.07) is -0.132. The van der Waals surface area contributed by atoms with Crippen LogP contribution in [0.5, 0.6) is 0 Å². The van der Waals surface area contributed by atoms with Crippen molar-refractivity contribution < 1.29 is 13.6 Å². The molecule has 4 heteroatoms. The number of carbonyl (C=O) groups excluding carboxylic acids is 1. The lowest BCUT2D eigenvalue weighted by molar-refractivity contribution is -0.144. The molecule has 0 saturated carbocycles. The molecule has 0 aliphatic carbocycles. The molecule has 2 aliphatic heterocycles. The van der Waals surface area contributed by atoms with E-state index in [1.54, 1.807) is 0 Å². The summed E-state index contributed by atoms with van der Waals surface area (Å²) in [6.07, 6.45) is 1.35. The van der Waals surface area contributed by atoms with E-state index in [0.717, 1.165) is 12.8 Å². The predicted octanol–water partition coefficient (Wildman–Crippen LogP) is 1.11. The van der Waals surface area contributed by atoms with Crippen molar-refractivity contribution in [3.63, 3.8) is 0 Å². The van der Waals surface area contributed by atoms with E-state index < -0.39 is 11.7 Å². The number of fused-ring (bicyclic) bond motifs is 2. The third kappa shape index (κ3) is 1.24. The van der Waals surface area contributed by atoms with Crippen molar-refractivity contribution in [3.05, 3.63) is 0 Å². The Morgan fingerprint density at radius 1 is 1.33 bits per heavy atom. The molecule has 0 aromatic rings. The molecule has 1 N–H and O–H groups in total. The second kappa shape index (κ2) is 2.49. The van der Waals surface area contributed by atoms with Crippen molar-refractivity contribution in [1.29, 1.82) is 0 Å². The number of nitrogens with one attached hydrogen (secondary N) is 1. The number of hydrogen-bond donors (Lipinski definition) is 1. The van der Waals surface area contributed by atoms with Gasteiger partial charge in [0, 0.05) is 24.9 Å². The molecule has 2 aliphatic rings. The molecule has 0 aromatic heterocycles. The van der Waals surface area contributed by atoms with E-state index in [9.17, 15) is 13.6 Å². The van der Waals surface area contributed by atoms with E-state index >= 15 is 0 Å². The Balaban J connectivity index is 2.18. The standard InChI is InChI=1S/C8H11F2NO/c9-8(10)4-6-2-1-5(11-6)3-7(8)12/h5-6,11H,1-4H2. The second-order valence-corrected chi connectivity index (χ2v) is 3.67. The Labute approximate surface area is 69.3 Å². The second-order valence-electron chi connectivity index (χ2n) is 3.67. The van der Waals surface area contributed by atoms with Crippen molar-refractivity contribution in [1.82, 2.24) is 5.32 Å². The van der Waals surface area contributed by atoms with Crippen molar-refractivity contribution in [2.75, 3.05) is 0 Å². The van der Waals surface area contributed by atoms with Gasteiger partial charge < -0.3 is 5.32 Å². The minimum Gasteiger partial charge on any atom is -0.311 e. The number of halogens is 2. The van der Waals surface area contributed by atoms with E-state index in [2.05, 4.69) is 5.32 Å². The summed E-state index contributed by atoms with van der Waals surface area (Å²) in [4.78, 5) is 10.9. The highest BCUT2D eigenvalue weighted by Crippen LogP contribution is 2.33. The highest BCUT2D eigenvalue weighted by atomic mass is 19.3. The van der Waals surface area contributed by atoms with Crippen LogP contribution in [0.2, 0.25) is 0 Å². The van der Waals surface area contributed by atoms with Crippen LogP contribution in [0.25, 0.3) is 0 Å². The van der Waals surface area contributed by atoms with E-state index in [1.165, 1.54) is 0 Å². The summed E-state index contributed by atoms with van der Waals surface area (Å²) in [5.74, 6) is -3.96. The van der Waals surface area contributed by atoms with Crippen molar-refractivity contribution in [3.8, 4) is 0 Å². The van der Waals surface area contributed by atoms with Crippen LogP contribution in [-0.2, 0) is 4.79 Å². The molecule has 2 unspecified atom stereocenters. The summed E-state index contributed by atoms with van der Waals surface area (Å²) in [6.45, 7) is 0. The summed E-state index contributed by atoms with van der Waals surface area (Å²) in [7, 11) is 0. The summed E-state index contributed by atoms with van der Waals surface area (Å²) < 4.78 is 25.9. The molecule has 2 nitrogen and oxygen atoms in total. The molecule has 0 radical (unpaired) electrons. The fourth-order valence-corrected chi connectivity index (χ4v) is 2.02. The van der Waals surface area contributed by atoms with Crippen LogP contribution in [0.15, 0.2) is 0 Å². The lowest BCUT2D eigenvalue weighted by atomic mass is 9.97. The van der Waals surface area contributed by atoms with Crippen molar-refractivity contribution in [2.45, 2.75) is 43.7 Å². The van der Waals surface area contributed by atoms with Gasteiger partial charge in [-0.3, -0.25) is 4.79 Å². The molecular weight excluding hydrogens is 164 g/mol. The average molecular weight is 175 g/mol. The number of Topliss-reactive ketones (excluding diaryl/α,β-unsaturated/α-hetero) is 1. The van der Waals surface area contributed by atoms with Crippen molar-refractivity contribution in [2.24, 2.45) is 0 Å². The maximum Gasteiger partial charge on any atom is 0.306 e. The average Bonchev–Trinajstić information content (AvgIpc) is 2.30. The fraction of sp³-hybridized carbons (Fsp3) is 0.875. The lowest BCUT2D eigenvalue weighted by Gasteiger charge is -2.16. The Hall–Kier alpha value is -0.510. The number of hydrogen-bond acceptors (Lipinski definition) is 2. The number of alkyl halides is 2. The summed E-state index contributed by atoms with van der Waals surface area (Å²) >= 11 is 0. The van der Waals surface area contributed by atoms with Gasteiger partial charge in [0.2, 0.25) is 5.78 Å². The zero-order valence-corrected chi connectivity index (χ0v) is 6.65. The Bertz CT molecular complexity index is 217. The molecule has 0 spiro atoms. The number of carbonyl (C=O) groups is 1. The van der Waals surface area contributed by atoms with Gasteiger partial charge in [-0.2, -0.15) is 8.78 Å². The third-order valence-electron chi connectivity index (χ3n) is 2.68. The molecule has 0 aromatic carbocycles.